The quantitative estimate of drug-likeness (QED) is 0.728. The molecule has 1 fully saturated rings. The van der Waals surface area contributed by atoms with Gasteiger partial charge in [-0.1, -0.05) is 0 Å². The summed E-state index contributed by atoms with van der Waals surface area (Å²) in [6.07, 6.45) is 6.41. The molecule has 1 aliphatic rings. The van der Waals surface area contributed by atoms with Crippen molar-refractivity contribution in [3.05, 3.63) is 36.5 Å². The number of anilines is 1. The normalized spacial score (nSPS) is 14.9. The van der Waals surface area contributed by atoms with E-state index in [1.807, 2.05) is 6.07 Å². The summed E-state index contributed by atoms with van der Waals surface area (Å²) in [6.45, 7) is 2.95. The molecule has 3 aromatic rings. The summed E-state index contributed by atoms with van der Waals surface area (Å²) in [5, 5.41) is 0. The molecule has 9 heteroatoms. The van der Waals surface area contributed by atoms with Crippen molar-refractivity contribution in [2.75, 3.05) is 31.2 Å². The molecule has 3 aromatic heterocycles. The van der Waals surface area contributed by atoms with E-state index in [-0.39, 0.29) is 5.69 Å². The monoisotopic (exact) mass is 325 g/mol. The van der Waals surface area contributed by atoms with Crippen LogP contribution < -0.4 is 10.6 Å². The van der Waals surface area contributed by atoms with E-state index in [0.717, 1.165) is 18.9 Å². The van der Waals surface area contributed by atoms with Crippen LogP contribution in [0.25, 0.3) is 17.2 Å². The number of nitrogens with zero attached hydrogens (tertiary/aromatic N) is 6. The molecule has 1 amide bonds. The third-order valence-corrected chi connectivity index (χ3v) is 3.85. The first-order chi connectivity index (χ1) is 11.7. The van der Waals surface area contributed by atoms with Gasteiger partial charge in [-0.05, 0) is 6.07 Å². The fourth-order valence-electron chi connectivity index (χ4n) is 2.62. The molecule has 9 nitrogen and oxygen atoms in total. The second-order valence-corrected chi connectivity index (χ2v) is 5.35. The minimum Gasteiger partial charge on any atom is -0.378 e. The molecule has 1 aliphatic heterocycles. The second kappa shape index (κ2) is 5.85. The topological polar surface area (TPSA) is 112 Å². The lowest BCUT2D eigenvalue weighted by Crippen LogP contribution is -2.36. The van der Waals surface area contributed by atoms with Crippen LogP contribution in [0.2, 0.25) is 0 Å². The maximum absolute atomic E-state index is 11.4. The molecule has 2 N–H and O–H groups in total. The number of hydrogen-bond acceptors (Lipinski definition) is 7. The Bertz CT molecular complexity index is 902. The molecular weight excluding hydrogens is 310 g/mol. The van der Waals surface area contributed by atoms with Gasteiger partial charge in [0.05, 0.1) is 25.6 Å². The maximum atomic E-state index is 11.4. The van der Waals surface area contributed by atoms with Crippen molar-refractivity contribution in [2.45, 2.75) is 0 Å². The summed E-state index contributed by atoms with van der Waals surface area (Å²) >= 11 is 0. The van der Waals surface area contributed by atoms with Gasteiger partial charge in [-0.15, -0.1) is 0 Å². The van der Waals surface area contributed by atoms with Crippen LogP contribution in [-0.2, 0) is 4.74 Å². The molecule has 0 atom stereocenters. The number of hydrogen-bond donors (Lipinski definition) is 1. The first-order valence-electron chi connectivity index (χ1n) is 7.51. The molecule has 4 heterocycles. The highest BCUT2D eigenvalue weighted by atomic mass is 16.5. The molecule has 0 spiro atoms. The molecule has 0 radical (unpaired) electrons. The molecule has 122 valence electrons. The number of carbonyl (C=O) groups excluding carboxylic acids is 1. The summed E-state index contributed by atoms with van der Waals surface area (Å²) < 4.78 is 7.08. The van der Waals surface area contributed by atoms with Gasteiger partial charge >= 0.3 is 0 Å². The van der Waals surface area contributed by atoms with E-state index in [2.05, 4.69) is 24.8 Å². The van der Waals surface area contributed by atoms with Gasteiger partial charge < -0.3 is 15.4 Å². The highest BCUT2D eigenvalue weighted by Gasteiger charge is 2.16. The molecule has 0 aromatic carbocycles. The standard InChI is InChI=1S/C15H15N7O2/c16-14(23)10-9-22-11(7-19-13(22)8-18-10)15-17-2-1-12(20-15)21-3-5-24-6-4-21/h1-2,7-9H,3-6H2,(H2,16,23). The average Bonchev–Trinajstić information content (AvgIpc) is 3.05. The first-order valence-corrected chi connectivity index (χ1v) is 7.51. The fraction of sp³-hybridized carbons (Fsp3) is 0.267. The number of primary amides is 1. The van der Waals surface area contributed by atoms with E-state index in [4.69, 9.17) is 10.5 Å². The Morgan fingerprint density at radius 1 is 1.17 bits per heavy atom. The number of fused-ring (bicyclic) bond motifs is 1. The van der Waals surface area contributed by atoms with Crippen molar-refractivity contribution < 1.29 is 9.53 Å². The van der Waals surface area contributed by atoms with Gasteiger partial charge in [0.15, 0.2) is 11.5 Å². The van der Waals surface area contributed by atoms with Crippen molar-refractivity contribution in [3.63, 3.8) is 0 Å². The van der Waals surface area contributed by atoms with Gasteiger partial charge in [0.1, 0.15) is 17.2 Å². The van der Waals surface area contributed by atoms with Gasteiger partial charge in [-0.25, -0.2) is 19.9 Å². The first kappa shape index (κ1) is 14.5. The van der Waals surface area contributed by atoms with Crippen molar-refractivity contribution in [2.24, 2.45) is 5.73 Å². The largest absolute Gasteiger partial charge is 0.378 e. The molecule has 1 saturated heterocycles. The molecule has 24 heavy (non-hydrogen) atoms. The SMILES string of the molecule is NC(=O)c1cn2c(-c3nccc(N4CCOCC4)n3)cnc2cn1. The molecule has 0 aliphatic carbocycles. The Morgan fingerprint density at radius 2 is 2.00 bits per heavy atom. The summed E-state index contributed by atoms with van der Waals surface area (Å²) in [7, 11) is 0. The number of aromatic nitrogens is 5. The zero-order chi connectivity index (χ0) is 16.5. The summed E-state index contributed by atoms with van der Waals surface area (Å²) in [5.41, 5.74) is 6.72. The van der Waals surface area contributed by atoms with Crippen LogP contribution >= 0.6 is 0 Å². The number of ether oxygens (including phenoxy) is 1. The van der Waals surface area contributed by atoms with Crippen LogP contribution in [0.5, 0.6) is 0 Å². The maximum Gasteiger partial charge on any atom is 0.268 e. The third kappa shape index (κ3) is 2.54. The lowest BCUT2D eigenvalue weighted by Gasteiger charge is -2.27. The molecule has 0 saturated carbocycles. The second-order valence-electron chi connectivity index (χ2n) is 5.35. The smallest absolute Gasteiger partial charge is 0.268 e. The van der Waals surface area contributed by atoms with Crippen molar-refractivity contribution >= 4 is 17.4 Å². The van der Waals surface area contributed by atoms with Crippen LogP contribution in [0.3, 0.4) is 0 Å². The van der Waals surface area contributed by atoms with E-state index in [0.29, 0.717) is 30.4 Å². The third-order valence-electron chi connectivity index (χ3n) is 3.85. The fourth-order valence-corrected chi connectivity index (χ4v) is 2.62. The Balaban J connectivity index is 1.77. The number of imidazole rings is 1. The van der Waals surface area contributed by atoms with Gasteiger partial charge in [0.25, 0.3) is 5.91 Å². The zero-order valence-electron chi connectivity index (χ0n) is 12.8. The van der Waals surface area contributed by atoms with Crippen LogP contribution in [-0.4, -0.2) is 56.5 Å². The van der Waals surface area contributed by atoms with Crippen LogP contribution in [0, 0.1) is 0 Å². The van der Waals surface area contributed by atoms with Gasteiger partial charge in [-0.2, -0.15) is 0 Å². The number of nitrogens with two attached hydrogens (primary N) is 1. The van der Waals surface area contributed by atoms with E-state index in [9.17, 15) is 4.79 Å². The van der Waals surface area contributed by atoms with Crippen molar-refractivity contribution in [3.8, 4) is 11.5 Å². The zero-order valence-corrected chi connectivity index (χ0v) is 12.8. The number of carbonyl (C=O) groups is 1. The number of morpholine rings is 1. The average molecular weight is 325 g/mol. The van der Waals surface area contributed by atoms with Gasteiger partial charge in [0, 0.05) is 25.5 Å². The van der Waals surface area contributed by atoms with Crippen LogP contribution in [0.4, 0.5) is 5.82 Å². The minimum atomic E-state index is -0.598. The summed E-state index contributed by atoms with van der Waals surface area (Å²) in [6, 6.07) is 1.87. The van der Waals surface area contributed by atoms with E-state index in [1.54, 1.807) is 23.0 Å². The summed E-state index contributed by atoms with van der Waals surface area (Å²) in [4.78, 5) is 30.7. The Kier molecular flexibility index (Phi) is 3.54. The van der Waals surface area contributed by atoms with E-state index in [1.165, 1.54) is 6.20 Å². The number of rotatable bonds is 3. The molecule has 4 rings (SSSR count). The predicted octanol–water partition coefficient (Wildman–Crippen LogP) is 0.122. The lowest BCUT2D eigenvalue weighted by atomic mass is 10.3. The van der Waals surface area contributed by atoms with Crippen molar-refractivity contribution in [1.82, 2.24) is 24.3 Å². The Hall–Kier alpha value is -3.07. The van der Waals surface area contributed by atoms with Crippen LogP contribution in [0.15, 0.2) is 30.9 Å². The Labute approximate surface area is 137 Å². The van der Waals surface area contributed by atoms with E-state index < -0.39 is 5.91 Å². The summed E-state index contributed by atoms with van der Waals surface area (Å²) in [5.74, 6) is 0.759. The molecule has 0 unspecified atom stereocenters. The van der Waals surface area contributed by atoms with Crippen molar-refractivity contribution in [1.29, 1.82) is 0 Å². The molecular formula is C15H15N7O2. The highest BCUT2D eigenvalue weighted by molar-refractivity contribution is 5.90. The molecule has 0 bridgehead atoms. The predicted molar refractivity (Wildman–Crippen MR) is 85.6 cm³/mol. The van der Waals surface area contributed by atoms with E-state index >= 15 is 0 Å². The Morgan fingerprint density at radius 3 is 2.79 bits per heavy atom. The minimum absolute atomic E-state index is 0.158. The van der Waals surface area contributed by atoms with Gasteiger partial charge in [0.2, 0.25) is 0 Å². The number of amides is 1. The highest BCUT2D eigenvalue weighted by Crippen LogP contribution is 2.20. The van der Waals surface area contributed by atoms with Crippen LogP contribution in [0.1, 0.15) is 10.5 Å². The van der Waals surface area contributed by atoms with Gasteiger partial charge in [-0.3, -0.25) is 9.20 Å². The lowest BCUT2D eigenvalue weighted by molar-refractivity contribution is 0.0995.